The first-order chi connectivity index (χ1) is 7.59. The Bertz CT molecular complexity index is 215. The summed E-state index contributed by atoms with van der Waals surface area (Å²) < 4.78 is 0. The van der Waals surface area contributed by atoms with Crippen molar-refractivity contribution < 1.29 is 9.90 Å². The second-order valence-electron chi connectivity index (χ2n) is 4.51. The molecule has 0 spiro atoms. The molecule has 1 saturated heterocycles. The number of piperazine rings is 1. The molecule has 0 bridgehead atoms. The third kappa shape index (κ3) is 4.92. The summed E-state index contributed by atoms with van der Waals surface area (Å²) in [6.45, 7) is 6.38. The van der Waals surface area contributed by atoms with Gasteiger partial charge in [-0.3, -0.25) is 9.69 Å². The largest absolute Gasteiger partial charge is 0.393 e. The summed E-state index contributed by atoms with van der Waals surface area (Å²) in [7, 11) is 1.92. The van der Waals surface area contributed by atoms with Crippen molar-refractivity contribution >= 4 is 5.91 Å². The average Bonchev–Trinajstić information content (AvgIpc) is 2.27. The van der Waals surface area contributed by atoms with E-state index in [2.05, 4.69) is 5.32 Å². The lowest BCUT2D eigenvalue weighted by Crippen LogP contribution is -2.49. The second kappa shape index (κ2) is 6.83. The fraction of sp³-hybridized carbons (Fsp3) is 0.909. The van der Waals surface area contributed by atoms with E-state index in [1.807, 2.05) is 16.8 Å². The molecule has 1 aliphatic rings. The minimum atomic E-state index is -0.295. The molecule has 1 aliphatic heterocycles. The normalized spacial score (nSPS) is 18.9. The Kier molecular flexibility index (Phi) is 5.73. The van der Waals surface area contributed by atoms with E-state index in [1.165, 1.54) is 0 Å². The van der Waals surface area contributed by atoms with Crippen molar-refractivity contribution in [3.63, 3.8) is 0 Å². The van der Waals surface area contributed by atoms with Gasteiger partial charge in [0.05, 0.1) is 12.6 Å². The number of hydrogen-bond acceptors (Lipinski definition) is 4. The summed E-state index contributed by atoms with van der Waals surface area (Å²) >= 11 is 0. The Morgan fingerprint density at radius 2 is 2.12 bits per heavy atom. The van der Waals surface area contributed by atoms with E-state index in [1.54, 1.807) is 6.92 Å². The lowest BCUT2D eigenvalue weighted by atomic mass is 10.2. The van der Waals surface area contributed by atoms with Gasteiger partial charge in [0, 0.05) is 32.7 Å². The highest BCUT2D eigenvalue weighted by Gasteiger charge is 2.17. The zero-order chi connectivity index (χ0) is 12.0. The molecule has 5 heteroatoms. The van der Waals surface area contributed by atoms with E-state index in [0.29, 0.717) is 13.0 Å². The van der Waals surface area contributed by atoms with Crippen LogP contribution in [0.5, 0.6) is 0 Å². The SMILES string of the molecule is CC(O)CCN(C)CC(=O)N1CCNCC1. The maximum atomic E-state index is 11.8. The fourth-order valence-electron chi connectivity index (χ4n) is 1.73. The van der Waals surface area contributed by atoms with Crippen LogP contribution in [0.2, 0.25) is 0 Å². The van der Waals surface area contributed by atoms with Crippen molar-refractivity contribution in [3.05, 3.63) is 0 Å². The zero-order valence-corrected chi connectivity index (χ0v) is 10.3. The van der Waals surface area contributed by atoms with Crippen LogP contribution in [0.15, 0.2) is 0 Å². The summed E-state index contributed by atoms with van der Waals surface area (Å²) in [5, 5.41) is 12.4. The van der Waals surface area contributed by atoms with Gasteiger partial charge in [0.2, 0.25) is 5.91 Å². The van der Waals surface area contributed by atoms with Gasteiger partial charge in [0.25, 0.3) is 0 Å². The average molecular weight is 229 g/mol. The van der Waals surface area contributed by atoms with Crippen molar-refractivity contribution in [2.24, 2.45) is 0 Å². The van der Waals surface area contributed by atoms with Crippen LogP contribution in [-0.4, -0.2) is 73.2 Å². The number of rotatable bonds is 5. The van der Waals surface area contributed by atoms with Crippen molar-refractivity contribution in [1.29, 1.82) is 0 Å². The maximum absolute atomic E-state index is 11.8. The van der Waals surface area contributed by atoms with Gasteiger partial charge in [-0.15, -0.1) is 0 Å². The van der Waals surface area contributed by atoms with Crippen molar-refractivity contribution in [2.75, 3.05) is 46.3 Å². The summed E-state index contributed by atoms with van der Waals surface area (Å²) in [6, 6.07) is 0. The lowest BCUT2D eigenvalue weighted by molar-refractivity contribution is -0.132. The Hall–Kier alpha value is -0.650. The minimum absolute atomic E-state index is 0.189. The number of carbonyl (C=O) groups is 1. The number of aliphatic hydroxyl groups is 1. The highest BCUT2D eigenvalue weighted by Crippen LogP contribution is 1.97. The molecule has 0 aliphatic carbocycles. The molecule has 0 aromatic heterocycles. The molecule has 0 radical (unpaired) electrons. The molecule has 94 valence electrons. The second-order valence-corrected chi connectivity index (χ2v) is 4.51. The van der Waals surface area contributed by atoms with E-state index < -0.39 is 0 Å². The van der Waals surface area contributed by atoms with Gasteiger partial charge in [-0.25, -0.2) is 0 Å². The summed E-state index contributed by atoms with van der Waals surface area (Å²) in [4.78, 5) is 15.7. The highest BCUT2D eigenvalue weighted by atomic mass is 16.3. The Morgan fingerprint density at radius 1 is 1.50 bits per heavy atom. The van der Waals surface area contributed by atoms with E-state index in [4.69, 9.17) is 5.11 Å². The molecule has 1 fully saturated rings. The molecule has 0 saturated carbocycles. The fourth-order valence-corrected chi connectivity index (χ4v) is 1.73. The van der Waals surface area contributed by atoms with Gasteiger partial charge >= 0.3 is 0 Å². The predicted molar refractivity (Wildman–Crippen MR) is 63.2 cm³/mol. The topological polar surface area (TPSA) is 55.8 Å². The molecule has 2 N–H and O–H groups in total. The van der Waals surface area contributed by atoms with E-state index in [-0.39, 0.29) is 12.0 Å². The van der Waals surface area contributed by atoms with Gasteiger partial charge < -0.3 is 15.3 Å². The first-order valence-corrected chi connectivity index (χ1v) is 5.94. The molecular weight excluding hydrogens is 206 g/mol. The molecule has 1 heterocycles. The molecule has 5 nitrogen and oxygen atoms in total. The molecule has 1 amide bonds. The van der Waals surface area contributed by atoms with Crippen LogP contribution in [-0.2, 0) is 4.79 Å². The van der Waals surface area contributed by atoms with Crippen LogP contribution < -0.4 is 5.32 Å². The Morgan fingerprint density at radius 3 is 2.69 bits per heavy atom. The third-order valence-electron chi connectivity index (χ3n) is 2.80. The van der Waals surface area contributed by atoms with Crippen molar-refractivity contribution in [2.45, 2.75) is 19.4 Å². The van der Waals surface area contributed by atoms with Crippen LogP contribution in [0.4, 0.5) is 0 Å². The van der Waals surface area contributed by atoms with Gasteiger partial charge in [-0.1, -0.05) is 0 Å². The first kappa shape index (κ1) is 13.4. The van der Waals surface area contributed by atoms with Crippen LogP contribution in [0.3, 0.4) is 0 Å². The third-order valence-corrected chi connectivity index (χ3v) is 2.80. The summed E-state index contributed by atoms with van der Waals surface area (Å²) in [5.74, 6) is 0.189. The Balaban J connectivity index is 2.21. The minimum Gasteiger partial charge on any atom is -0.393 e. The highest BCUT2D eigenvalue weighted by molar-refractivity contribution is 5.78. The standard InChI is InChI=1S/C11H23N3O2/c1-10(15)3-6-13(2)9-11(16)14-7-4-12-5-8-14/h10,12,15H,3-9H2,1-2H3. The predicted octanol–water partition coefficient (Wildman–Crippen LogP) is -0.879. The van der Waals surface area contributed by atoms with Crippen molar-refractivity contribution in [1.82, 2.24) is 15.1 Å². The van der Waals surface area contributed by atoms with Gasteiger partial charge in [-0.05, 0) is 20.4 Å². The van der Waals surface area contributed by atoms with Crippen LogP contribution >= 0.6 is 0 Å². The molecule has 1 rings (SSSR count). The molecule has 1 atom stereocenters. The molecule has 0 aromatic carbocycles. The maximum Gasteiger partial charge on any atom is 0.236 e. The molecule has 0 aromatic rings. The number of amides is 1. The smallest absolute Gasteiger partial charge is 0.236 e. The monoisotopic (exact) mass is 229 g/mol. The van der Waals surface area contributed by atoms with Gasteiger partial charge in [-0.2, -0.15) is 0 Å². The van der Waals surface area contributed by atoms with Gasteiger partial charge in [0.1, 0.15) is 0 Å². The van der Waals surface area contributed by atoms with Crippen LogP contribution in [0, 0.1) is 0 Å². The van der Waals surface area contributed by atoms with Gasteiger partial charge in [0.15, 0.2) is 0 Å². The first-order valence-electron chi connectivity index (χ1n) is 5.94. The number of likely N-dealkylation sites (N-methyl/N-ethyl adjacent to an activating group) is 1. The number of hydrogen-bond donors (Lipinski definition) is 2. The van der Waals surface area contributed by atoms with Crippen molar-refractivity contribution in [3.8, 4) is 0 Å². The number of aliphatic hydroxyl groups excluding tert-OH is 1. The summed E-state index contributed by atoms with van der Waals surface area (Å²) in [5.41, 5.74) is 0. The van der Waals surface area contributed by atoms with E-state index in [9.17, 15) is 4.79 Å². The Labute approximate surface area is 97.4 Å². The molecule has 16 heavy (non-hydrogen) atoms. The molecule has 1 unspecified atom stereocenters. The van der Waals surface area contributed by atoms with Crippen LogP contribution in [0.25, 0.3) is 0 Å². The van der Waals surface area contributed by atoms with E-state index >= 15 is 0 Å². The lowest BCUT2D eigenvalue weighted by Gasteiger charge is -2.29. The number of nitrogens with zero attached hydrogens (tertiary/aromatic N) is 2. The quantitative estimate of drug-likeness (QED) is 0.643. The van der Waals surface area contributed by atoms with E-state index in [0.717, 1.165) is 32.7 Å². The zero-order valence-electron chi connectivity index (χ0n) is 10.3. The number of carbonyl (C=O) groups excluding carboxylic acids is 1. The molecular formula is C11H23N3O2. The summed E-state index contributed by atoms with van der Waals surface area (Å²) in [6.07, 6.45) is 0.419. The number of nitrogens with one attached hydrogen (secondary N) is 1. The van der Waals surface area contributed by atoms with Crippen LogP contribution in [0.1, 0.15) is 13.3 Å².